The number of nitriles is 1. The minimum Gasteiger partial charge on any atom is -0.370 e. The van der Waals surface area contributed by atoms with E-state index in [2.05, 4.69) is 29.1 Å². The van der Waals surface area contributed by atoms with Gasteiger partial charge >= 0.3 is 0 Å². The van der Waals surface area contributed by atoms with Crippen molar-refractivity contribution in [2.24, 2.45) is 5.92 Å². The first-order valence-electron chi connectivity index (χ1n) is 5.19. The van der Waals surface area contributed by atoms with Crippen LogP contribution in [0.1, 0.15) is 32.5 Å². The van der Waals surface area contributed by atoms with Crippen molar-refractivity contribution >= 4 is 5.82 Å². The highest BCUT2D eigenvalue weighted by atomic mass is 15.0. The molecule has 0 spiro atoms. The van der Waals surface area contributed by atoms with Crippen molar-refractivity contribution in [3.8, 4) is 6.07 Å². The summed E-state index contributed by atoms with van der Waals surface area (Å²) in [7, 11) is 0. The van der Waals surface area contributed by atoms with Gasteiger partial charge in [0, 0.05) is 12.7 Å². The van der Waals surface area contributed by atoms with Gasteiger partial charge < -0.3 is 5.32 Å². The maximum absolute atomic E-state index is 8.60. The van der Waals surface area contributed by atoms with Crippen LogP contribution in [0.15, 0.2) is 12.3 Å². The van der Waals surface area contributed by atoms with Crippen LogP contribution in [0.4, 0.5) is 5.82 Å². The molecule has 80 valence electrons. The number of hydrogen-bond acceptors (Lipinski definition) is 4. The summed E-state index contributed by atoms with van der Waals surface area (Å²) in [4.78, 5) is 7.83. The van der Waals surface area contributed by atoms with Gasteiger partial charge in [0.2, 0.25) is 5.82 Å². The second-order valence-corrected chi connectivity index (χ2v) is 3.84. The normalized spacial score (nSPS) is 10.0. The molecule has 0 fully saturated rings. The molecule has 1 aromatic rings. The predicted molar refractivity (Wildman–Crippen MR) is 59.3 cm³/mol. The van der Waals surface area contributed by atoms with E-state index in [1.54, 1.807) is 12.3 Å². The quantitative estimate of drug-likeness (QED) is 0.747. The van der Waals surface area contributed by atoms with E-state index in [1.165, 1.54) is 6.42 Å². The van der Waals surface area contributed by atoms with Crippen molar-refractivity contribution in [1.82, 2.24) is 9.97 Å². The first-order valence-corrected chi connectivity index (χ1v) is 5.19. The summed E-state index contributed by atoms with van der Waals surface area (Å²) in [6.07, 6.45) is 3.91. The van der Waals surface area contributed by atoms with E-state index in [-0.39, 0.29) is 5.82 Å². The van der Waals surface area contributed by atoms with Crippen LogP contribution in [0.5, 0.6) is 0 Å². The molecule has 0 aliphatic carbocycles. The molecule has 1 aromatic heterocycles. The van der Waals surface area contributed by atoms with Gasteiger partial charge in [-0.15, -0.1) is 0 Å². The first kappa shape index (κ1) is 11.4. The number of nitrogens with zero attached hydrogens (tertiary/aromatic N) is 3. The fourth-order valence-corrected chi connectivity index (χ4v) is 1.24. The maximum atomic E-state index is 8.60. The van der Waals surface area contributed by atoms with Crippen LogP contribution >= 0.6 is 0 Å². The van der Waals surface area contributed by atoms with E-state index in [0.29, 0.717) is 0 Å². The zero-order chi connectivity index (χ0) is 11.1. The molecule has 4 heteroatoms. The summed E-state index contributed by atoms with van der Waals surface area (Å²) in [5.74, 6) is 1.67. The van der Waals surface area contributed by atoms with Crippen molar-refractivity contribution in [2.45, 2.75) is 26.7 Å². The van der Waals surface area contributed by atoms with Gasteiger partial charge in [0.05, 0.1) is 0 Å². The van der Waals surface area contributed by atoms with Crippen LogP contribution in [-0.2, 0) is 0 Å². The Labute approximate surface area is 90.4 Å². The monoisotopic (exact) mass is 204 g/mol. The molecule has 1 N–H and O–H groups in total. The fourth-order valence-electron chi connectivity index (χ4n) is 1.24. The number of rotatable bonds is 5. The molecule has 0 saturated heterocycles. The summed E-state index contributed by atoms with van der Waals surface area (Å²) < 4.78 is 0. The van der Waals surface area contributed by atoms with Gasteiger partial charge in [-0.3, -0.25) is 0 Å². The van der Waals surface area contributed by atoms with Crippen LogP contribution in [0, 0.1) is 17.2 Å². The summed E-state index contributed by atoms with van der Waals surface area (Å²) in [6.45, 7) is 5.30. The summed E-state index contributed by atoms with van der Waals surface area (Å²) in [5.41, 5.74) is 0. The van der Waals surface area contributed by atoms with Crippen molar-refractivity contribution in [3.05, 3.63) is 18.1 Å². The molecule has 1 rings (SSSR count). The molecule has 0 atom stereocenters. The van der Waals surface area contributed by atoms with Gasteiger partial charge in [-0.05, 0) is 24.8 Å². The molecule has 0 unspecified atom stereocenters. The molecule has 1 heterocycles. The average Bonchev–Trinajstić information content (AvgIpc) is 2.24. The average molecular weight is 204 g/mol. The first-order chi connectivity index (χ1) is 7.22. The molecule has 0 radical (unpaired) electrons. The number of aromatic nitrogens is 2. The van der Waals surface area contributed by atoms with Crippen molar-refractivity contribution < 1.29 is 0 Å². The Bertz CT molecular complexity index is 341. The molecule has 0 saturated carbocycles. The number of nitrogens with one attached hydrogen (secondary N) is 1. The lowest BCUT2D eigenvalue weighted by Gasteiger charge is -2.06. The van der Waals surface area contributed by atoms with Crippen LogP contribution in [0.3, 0.4) is 0 Å². The lowest BCUT2D eigenvalue weighted by atomic mass is 10.1. The molecule has 0 bridgehead atoms. The van der Waals surface area contributed by atoms with E-state index < -0.39 is 0 Å². The topological polar surface area (TPSA) is 61.6 Å². The molecule has 0 aliphatic rings. The lowest BCUT2D eigenvalue weighted by molar-refractivity contribution is 0.566. The minimum atomic E-state index is 0.212. The van der Waals surface area contributed by atoms with E-state index in [4.69, 9.17) is 5.26 Å². The largest absolute Gasteiger partial charge is 0.370 e. The highest BCUT2D eigenvalue weighted by Crippen LogP contribution is 2.05. The van der Waals surface area contributed by atoms with Crippen LogP contribution in [-0.4, -0.2) is 16.5 Å². The van der Waals surface area contributed by atoms with Gasteiger partial charge in [-0.2, -0.15) is 5.26 Å². The smallest absolute Gasteiger partial charge is 0.234 e. The SMILES string of the molecule is CC(C)CCCNc1ccnc(C#N)n1. The third-order valence-corrected chi connectivity index (χ3v) is 2.02. The Morgan fingerprint density at radius 2 is 2.33 bits per heavy atom. The molecule has 15 heavy (non-hydrogen) atoms. The Morgan fingerprint density at radius 1 is 1.53 bits per heavy atom. The molecular formula is C11H16N4. The van der Waals surface area contributed by atoms with E-state index in [9.17, 15) is 0 Å². The van der Waals surface area contributed by atoms with Gasteiger partial charge in [0.1, 0.15) is 11.9 Å². The summed E-state index contributed by atoms with van der Waals surface area (Å²) in [5, 5.41) is 11.8. The predicted octanol–water partition coefficient (Wildman–Crippen LogP) is 2.20. The van der Waals surface area contributed by atoms with Crippen molar-refractivity contribution in [3.63, 3.8) is 0 Å². The Morgan fingerprint density at radius 3 is 3.00 bits per heavy atom. The second-order valence-electron chi connectivity index (χ2n) is 3.84. The van der Waals surface area contributed by atoms with Crippen molar-refractivity contribution in [1.29, 1.82) is 5.26 Å². The highest BCUT2D eigenvalue weighted by molar-refractivity contribution is 5.34. The zero-order valence-electron chi connectivity index (χ0n) is 9.20. The Hall–Kier alpha value is -1.63. The number of anilines is 1. The van der Waals surface area contributed by atoms with E-state index in [1.807, 2.05) is 6.07 Å². The summed E-state index contributed by atoms with van der Waals surface area (Å²) >= 11 is 0. The second kappa shape index (κ2) is 5.97. The minimum absolute atomic E-state index is 0.212. The fraction of sp³-hybridized carbons (Fsp3) is 0.545. The highest BCUT2D eigenvalue weighted by Gasteiger charge is 1.97. The van der Waals surface area contributed by atoms with Crippen LogP contribution in [0.25, 0.3) is 0 Å². The Balaban J connectivity index is 2.35. The van der Waals surface area contributed by atoms with Gasteiger partial charge in [0.15, 0.2) is 0 Å². The maximum Gasteiger partial charge on any atom is 0.234 e. The molecule has 4 nitrogen and oxygen atoms in total. The molecule has 0 amide bonds. The number of hydrogen-bond donors (Lipinski definition) is 1. The summed E-state index contributed by atoms with van der Waals surface area (Å²) in [6, 6.07) is 3.69. The molecule has 0 aromatic carbocycles. The standard InChI is InChI=1S/C11H16N4/c1-9(2)4-3-6-13-10-5-7-14-11(8-12)15-10/h5,7,9H,3-4,6H2,1-2H3,(H,13,14,15). The lowest BCUT2D eigenvalue weighted by Crippen LogP contribution is -2.05. The Kier molecular flexibility index (Phi) is 4.55. The third kappa shape index (κ3) is 4.41. The molecular weight excluding hydrogens is 188 g/mol. The van der Waals surface area contributed by atoms with E-state index >= 15 is 0 Å². The van der Waals surface area contributed by atoms with Crippen molar-refractivity contribution in [2.75, 3.05) is 11.9 Å². The third-order valence-electron chi connectivity index (χ3n) is 2.02. The molecule has 0 aliphatic heterocycles. The van der Waals surface area contributed by atoms with Crippen LogP contribution < -0.4 is 5.32 Å². The van der Waals surface area contributed by atoms with Gasteiger partial charge in [-0.25, -0.2) is 9.97 Å². The van der Waals surface area contributed by atoms with Gasteiger partial charge in [-0.1, -0.05) is 13.8 Å². The van der Waals surface area contributed by atoms with Gasteiger partial charge in [0.25, 0.3) is 0 Å². The van der Waals surface area contributed by atoms with E-state index in [0.717, 1.165) is 24.7 Å². The van der Waals surface area contributed by atoms with Crippen LogP contribution in [0.2, 0.25) is 0 Å². The zero-order valence-corrected chi connectivity index (χ0v) is 9.20.